The average Bonchev–Trinajstić information content (AvgIpc) is 3.00. The van der Waals surface area contributed by atoms with Gasteiger partial charge in [-0.3, -0.25) is 0 Å². The first-order valence-corrected chi connectivity index (χ1v) is 8.19. The van der Waals surface area contributed by atoms with Gasteiger partial charge < -0.3 is 0 Å². The molecule has 5 heteroatoms. The quantitative estimate of drug-likeness (QED) is 0.799. The van der Waals surface area contributed by atoms with E-state index in [9.17, 15) is 12.9 Å². The molecule has 0 saturated heterocycles. The second-order valence-electron chi connectivity index (χ2n) is 5.80. The van der Waals surface area contributed by atoms with Gasteiger partial charge in [-0.15, -0.1) is 4.48 Å². The maximum absolute atomic E-state index is 14.4. The van der Waals surface area contributed by atoms with Gasteiger partial charge in [0.15, 0.2) is 0 Å². The number of hydrogen-bond acceptors (Lipinski definition) is 2. The molecule has 0 heterocycles. The van der Waals surface area contributed by atoms with Crippen LogP contribution in [0.2, 0.25) is 0 Å². The van der Waals surface area contributed by atoms with Crippen molar-refractivity contribution < 1.29 is 12.9 Å². The molecule has 2 aliphatic rings. The van der Waals surface area contributed by atoms with Gasteiger partial charge in [0.2, 0.25) is 0 Å². The predicted octanol–water partition coefficient (Wildman–Crippen LogP) is 3.06. The highest BCUT2D eigenvalue weighted by atomic mass is 32.2. The van der Waals surface area contributed by atoms with E-state index in [0.717, 1.165) is 24.8 Å². The lowest BCUT2D eigenvalue weighted by molar-refractivity contribution is 0.0540. The summed E-state index contributed by atoms with van der Waals surface area (Å²) in [6, 6.07) is 5.89. The van der Waals surface area contributed by atoms with Gasteiger partial charge in [0.25, 0.3) is 10.0 Å². The fourth-order valence-corrected chi connectivity index (χ4v) is 4.75. The van der Waals surface area contributed by atoms with E-state index in [-0.39, 0.29) is 15.3 Å². The zero-order chi connectivity index (χ0) is 13.6. The van der Waals surface area contributed by atoms with Crippen LogP contribution in [0.4, 0.5) is 4.48 Å². The monoisotopic (exact) mass is 282 g/mol. The van der Waals surface area contributed by atoms with E-state index in [4.69, 9.17) is 0 Å². The fraction of sp³-hybridized carbons (Fsp3) is 0.571. The van der Waals surface area contributed by atoms with E-state index in [1.165, 1.54) is 12.1 Å². The van der Waals surface area contributed by atoms with Crippen LogP contribution < -0.4 is 0 Å². The second kappa shape index (κ2) is 4.56. The first-order valence-electron chi connectivity index (χ1n) is 6.75. The highest BCUT2D eigenvalue weighted by Crippen LogP contribution is 2.47. The van der Waals surface area contributed by atoms with E-state index in [0.29, 0.717) is 12.3 Å². The Labute approximate surface area is 113 Å². The van der Waals surface area contributed by atoms with Crippen molar-refractivity contribution in [2.75, 3.05) is 0 Å². The van der Waals surface area contributed by atoms with Gasteiger partial charge in [-0.05, 0) is 54.7 Å². The molecule has 0 radical (unpaired) electrons. The van der Waals surface area contributed by atoms with Gasteiger partial charge >= 0.3 is 0 Å². The summed E-state index contributed by atoms with van der Waals surface area (Å²) in [5.41, 5.74) is 0.962. The van der Waals surface area contributed by atoms with Gasteiger partial charge in [0, 0.05) is 0 Å². The van der Waals surface area contributed by atoms with Crippen molar-refractivity contribution in [1.29, 1.82) is 0 Å². The minimum absolute atomic E-state index is 0.0448. The summed E-state index contributed by atoms with van der Waals surface area (Å²) in [5, 5.41) is 0. The number of aryl methyl sites for hydroxylation is 1. The number of fused-ring (bicyclic) bond motifs is 2. The van der Waals surface area contributed by atoms with E-state index in [1.54, 1.807) is 12.1 Å². The summed E-state index contributed by atoms with van der Waals surface area (Å²) in [6.07, 6.45) is 3.74. The summed E-state index contributed by atoms with van der Waals surface area (Å²) >= 11 is 0. The number of halogens is 1. The zero-order valence-electron chi connectivity index (χ0n) is 10.9. The van der Waals surface area contributed by atoms with Gasteiger partial charge in [-0.1, -0.05) is 24.1 Å². The summed E-state index contributed by atoms with van der Waals surface area (Å²) in [4.78, 5) is 0.0448. The van der Waals surface area contributed by atoms with Crippen LogP contribution in [0.5, 0.6) is 0 Å². The summed E-state index contributed by atoms with van der Waals surface area (Å²) in [7, 11) is -3.99. The Kier molecular flexibility index (Phi) is 3.14. The van der Waals surface area contributed by atoms with Gasteiger partial charge in [-0.2, -0.15) is 0 Å². The van der Waals surface area contributed by atoms with Crippen molar-refractivity contribution in [1.82, 2.24) is 4.53 Å². The van der Waals surface area contributed by atoms with Gasteiger partial charge in [-0.25, -0.2) is 8.42 Å². The number of rotatable bonds is 3. The molecule has 3 unspecified atom stereocenters. The first-order chi connectivity index (χ1) is 8.98. The Bertz CT molecular complexity index is 570. The molecule has 0 spiro atoms. The third-order valence-electron chi connectivity index (χ3n) is 4.51. The van der Waals surface area contributed by atoms with Gasteiger partial charge in [0.05, 0.1) is 10.9 Å². The van der Waals surface area contributed by atoms with Crippen LogP contribution in [0.15, 0.2) is 29.2 Å². The van der Waals surface area contributed by atoms with Crippen LogP contribution in [-0.4, -0.2) is 19.0 Å². The molecule has 0 amide bonds. The Balaban J connectivity index is 1.86. The molecule has 19 heavy (non-hydrogen) atoms. The molecule has 0 aliphatic heterocycles. The topological polar surface area (TPSA) is 37.4 Å². The molecule has 3 rings (SSSR count). The molecular formula is C14H18FNO2S. The zero-order valence-corrected chi connectivity index (χ0v) is 11.7. The summed E-state index contributed by atoms with van der Waals surface area (Å²) < 4.78 is 39.0. The summed E-state index contributed by atoms with van der Waals surface area (Å²) in [5.74, 6) is 0.719. The average molecular weight is 282 g/mol. The van der Waals surface area contributed by atoms with E-state index in [1.807, 2.05) is 6.92 Å². The largest absolute Gasteiger partial charge is 0.269 e. The van der Waals surface area contributed by atoms with Crippen molar-refractivity contribution in [2.24, 2.45) is 11.8 Å². The lowest BCUT2D eigenvalue weighted by atomic mass is 9.96. The Hall–Kier alpha value is -0.940. The minimum atomic E-state index is -3.99. The highest BCUT2D eigenvalue weighted by molar-refractivity contribution is 7.89. The molecule has 3 atom stereocenters. The molecule has 2 aliphatic carbocycles. The van der Waals surface area contributed by atoms with Crippen molar-refractivity contribution in [3.63, 3.8) is 0 Å². The molecular weight excluding hydrogens is 264 g/mol. The standard InChI is InChI=1S/C14H18FNO2S/c1-10-2-6-13(7-3-10)19(17,18)16(15)14-9-11-4-5-12(14)8-11/h2-3,6-7,11-12,14H,4-5,8-9H2,1H3/i15-1. The molecule has 2 fully saturated rings. The van der Waals surface area contributed by atoms with Crippen LogP contribution in [0, 0.1) is 18.8 Å². The third-order valence-corrected chi connectivity index (χ3v) is 6.11. The molecule has 0 aromatic heterocycles. The number of sulfonamides is 1. The lowest BCUT2D eigenvalue weighted by Crippen LogP contribution is -2.37. The smallest absolute Gasteiger partial charge is 0.205 e. The Morgan fingerprint density at radius 2 is 1.84 bits per heavy atom. The first kappa shape index (κ1) is 13.1. The molecule has 2 bridgehead atoms. The van der Waals surface area contributed by atoms with E-state index < -0.39 is 16.1 Å². The minimum Gasteiger partial charge on any atom is -0.205 e. The SMILES string of the molecule is Cc1ccc(S(=O)(=O)N([18F])C2CC3CCC2C3)cc1. The number of benzene rings is 1. The Morgan fingerprint density at radius 3 is 2.37 bits per heavy atom. The van der Waals surface area contributed by atoms with Crippen LogP contribution >= 0.6 is 0 Å². The highest BCUT2D eigenvalue weighted by Gasteiger charge is 2.46. The van der Waals surface area contributed by atoms with Crippen molar-refractivity contribution in [2.45, 2.75) is 43.5 Å². The molecule has 0 N–H and O–H groups in total. The molecule has 2 saturated carbocycles. The number of nitrogens with zero attached hydrogens (tertiary/aromatic N) is 1. The predicted molar refractivity (Wildman–Crippen MR) is 70.5 cm³/mol. The van der Waals surface area contributed by atoms with Crippen LogP contribution in [0.3, 0.4) is 0 Å². The van der Waals surface area contributed by atoms with Crippen LogP contribution in [0.25, 0.3) is 0 Å². The van der Waals surface area contributed by atoms with Crippen molar-refractivity contribution in [3.8, 4) is 0 Å². The summed E-state index contributed by atoms with van der Waals surface area (Å²) in [6.45, 7) is 1.87. The normalized spacial score (nSPS) is 30.2. The van der Waals surface area contributed by atoms with Crippen LogP contribution in [0.1, 0.15) is 31.2 Å². The Morgan fingerprint density at radius 1 is 1.16 bits per heavy atom. The van der Waals surface area contributed by atoms with Crippen molar-refractivity contribution >= 4 is 10.0 Å². The maximum Gasteiger partial charge on any atom is 0.269 e. The van der Waals surface area contributed by atoms with Crippen molar-refractivity contribution in [3.05, 3.63) is 29.8 Å². The molecule has 1 aromatic carbocycles. The van der Waals surface area contributed by atoms with Gasteiger partial charge in [0.1, 0.15) is 0 Å². The third kappa shape index (κ3) is 2.19. The second-order valence-corrected chi connectivity index (χ2v) is 7.57. The van der Waals surface area contributed by atoms with E-state index in [2.05, 4.69) is 0 Å². The molecule has 1 aromatic rings. The maximum atomic E-state index is 14.4. The van der Waals surface area contributed by atoms with Crippen LogP contribution in [-0.2, 0) is 10.0 Å². The fourth-order valence-electron chi connectivity index (χ4n) is 3.45. The lowest BCUT2D eigenvalue weighted by Gasteiger charge is -2.26. The van der Waals surface area contributed by atoms with E-state index >= 15 is 0 Å². The number of hydrogen-bond donors (Lipinski definition) is 0. The molecule has 3 nitrogen and oxygen atoms in total. The molecule has 104 valence electrons.